The van der Waals surface area contributed by atoms with Gasteiger partial charge in [0.15, 0.2) is 17.4 Å². The predicted octanol–water partition coefficient (Wildman–Crippen LogP) is 1.81. The smallest absolute Gasteiger partial charge is 0.220 e. The third-order valence-corrected chi connectivity index (χ3v) is 2.79. The van der Waals surface area contributed by atoms with E-state index in [4.69, 9.17) is 5.11 Å². The van der Waals surface area contributed by atoms with Crippen LogP contribution in [0.4, 0.5) is 8.78 Å². The molecular formula is C14H17F2NO3. The lowest BCUT2D eigenvalue weighted by Crippen LogP contribution is -2.33. The van der Waals surface area contributed by atoms with E-state index in [1.54, 1.807) is 6.92 Å². The summed E-state index contributed by atoms with van der Waals surface area (Å²) in [4.78, 5) is 23.2. The largest absolute Gasteiger partial charge is 0.396 e. The van der Waals surface area contributed by atoms with E-state index < -0.39 is 17.4 Å². The molecule has 1 unspecified atom stereocenters. The van der Waals surface area contributed by atoms with Crippen LogP contribution in [-0.2, 0) is 4.79 Å². The monoisotopic (exact) mass is 285 g/mol. The third-order valence-electron chi connectivity index (χ3n) is 2.79. The fraction of sp³-hybridized carbons (Fsp3) is 0.429. The van der Waals surface area contributed by atoms with Crippen LogP contribution in [-0.4, -0.2) is 29.4 Å². The van der Waals surface area contributed by atoms with E-state index in [1.165, 1.54) is 6.07 Å². The fourth-order valence-electron chi connectivity index (χ4n) is 1.65. The lowest BCUT2D eigenvalue weighted by molar-refractivity contribution is -0.121. The van der Waals surface area contributed by atoms with Gasteiger partial charge >= 0.3 is 0 Å². The molecule has 1 aromatic carbocycles. The Kier molecular flexibility index (Phi) is 6.24. The first kappa shape index (κ1) is 16.2. The molecule has 0 saturated carbocycles. The molecule has 4 nitrogen and oxygen atoms in total. The first-order chi connectivity index (χ1) is 9.43. The maximum atomic E-state index is 13.0. The van der Waals surface area contributed by atoms with E-state index in [-0.39, 0.29) is 37.0 Å². The quantitative estimate of drug-likeness (QED) is 0.751. The number of hydrogen-bond acceptors (Lipinski definition) is 3. The minimum absolute atomic E-state index is 0.0325. The van der Waals surface area contributed by atoms with Crippen molar-refractivity contribution in [1.82, 2.24) is 5.32 Å². The van der Waals surface area contributed by atoms with Crippen molar-refractivity contribution in [2.75, 3.05) is 6.61 Å². The third kappa shape index (κ3) is 5.05. The molecule has 0 spiro atoms. The van der Waals surface area contributed by atoms with Gasteiger partial charge in [-0.25, -0.2) is 8.78 Å². The van der Waals surface area contributed by atoms with Gasteiger partial charge in [-0.3, -0.25) is 9.59 Å². The zero-order valence-corrected chi connectivity index (χ0v) is 11.2. The molecule has 2 N–H and O–H groups in total. The van der Waals surface area contributed by atoms with Crippen molar-refractivity contribution >= 4 is 11.7 Å². The van der Waals surface area contributed by atoms with Gasteiger partial charge in [-0.15, -0.1) is 0 Å². The molecule has 0 saturated heterocycles. The normalized spacial score (nSPS) is 12.0. The molecule has 0 fully saturated rings. The Labute approximate surface area is 115 Å². The molecule has 0 heterocycles. The molecule has 0 aliphatic heterocycles. The first-order valence-corrected chi connectivity index (χ1v) is 6.32. The van der Waals surface area contributed by atoms with Gasteiger partial charge in [0.2, 0.25) is 5.91 Å². The van der Waals surface area contributed by atoms with Gasteiger partial charge in [-0.1, -0.05) is 0 Å². The minimum Gasteiger partial charge on any atom is -0.396 e. The van der Waals surface area contributed by atoms with Gasteiger partial charge < -0.3 is 10.4 Å². The lowest BCUT2D eigenvalue weighted by atomic mass is 10.1. The molecule has 0 aromatic heterocycles. The van der Waals surface area contributed by atoms with Crippen molar-refractivity contribution in [1.29, 1.82) is 0 Å². The summed E-state index contributed by atoms with van der Waals surface area (Å²) in [5, 5.41) is 11.3. The summed E-state index contributed by atoms with van der Waals surface area (Å²) >= 11 is 0. The van der Waals surface area contributed by atoms with Gasteiger partial charge in [0.1, 0.15) is 0 Å². The maximum absolute atomic E-state index is 13.0. The number of ketones is 1. The number of halogens is 2. The summed E-state index contributed by atoms with van der Waals surface area (Å²) in [6, 6.07) is 2.72. The molecule has 0 bridgehead atoms. The van der Waals surface area contributed by atoms with Gasteiger partial charge in [0.05, 0.1) is 0 Å². The molecule has 110 valence electrons. The van der Waals surface area contributed by atoms with Crippen LogP contribution in [0, 0.1) is 11.6 Å². The van der Waals surface area contributed by atoms with Crippen LogP contribution in [0.1, 0.15) is 36.5 Å². The Bertz CT molecular complexity index is 491. The number of carbonyl (C=O) groups excluding carboxylic acids is 2. The molecule has 6 heteroatoms. The number of benzene rings is 1. The summed E-state index contributed by atoms with van der Waals surface area (Å²) in [7, 11) is 0. The first-order valence-electron chi connectivity index (χ1n) is 6.32. The summed E-state index contributed by atoms with van der Waals surface area (Å²) in [5.41, 5.74) is 0.0418. The number of hydrogen-bond donors (Lipinski definition) is 2. The van der Waals surface area contributed by atoms with Crippen molar-refractivity contribution < 1.29 is 23.5 Å². The van der Waals surface area contributed by atoms with E-state index in [0.29, 0.717) is 6.42 Å². The van der Waals surface area contributed by atoms with Crippen LogP contribution in [0.25, 0.3) is 0 Å². The zero-order valence-electron chi connectivity index (χ0n) is 11.2. The lowest BCUT2D eigenvalue weighted by Gasteiger charge is -2.11. The van der Waals surface area contributed by atoms with Crippen molar-refractivity contribution in [2.45, 2.75) is 32.2 Å². The molecule has 0 radical (unpaired) electrons. The highest BCUT2D eigenvalue weighted by Gasteiger charge is 2.13. The molecular weight excluding hydrogens is 268 g/mol. The Morgan fingerprint density at radius 1 is 1.25 bits per heavy atom. The molecule has 1 atom stereocenters. The summed E-state index contributed by atoms with van der Waals surface area (Å²) < 4.78 is 25.7. The number of rotatable bonds is 7. The number of nitrogens with one attached hydrogen (secondary N) is 1. The predicted molar refractivity (Wildman–Crippen MR) is 69.2 cm³/mol. The topological polar surface area (TPSA) is 66.4 Å². The summed E-state index contributed by atoms with van der Waals surface area (Å²) in [5.74, 6) is -2.84. The van der Waals surface area contributed by atoms with Crippen molar-refractivity contribution in [3.8, 4) is 0 Å². The SMILES string of the molecule is CC(CCO)NC(=O)CCC(=O)c1ccc(F)c(F)c1. The standard InChI is InChI=1S/C14H17F2NO3/c1-9(6-7-18)17-14(20)5-4-13(19)10-2-3-11(15)12(16)8-10/h2-3,8-9,18H,4-7H2,1H3,(H,17,20). The van der Waals surface area contributed by atoms with Crippen LogP contribution in [0.5, 0.6) is 0 Å². The van der Waals surface area contributed by atoms with Crippen LogP contribution in [0.3, 0.4) is 0 Å². The van der Waals surface area contributed by atoms with Crippen LogP contribution in [0.2, 0.25) is 0 Å². The number of Topliss-reactive ketones (excluding diaryl/α,β-unsaturated/α-hetero) is 1. The average Bonchev–Trinajstić information content (AvgIpc) is 2.39. The Morgan fingerprint density at radius 2 is 1.95 bits per heavy atom. The molecule has 0 aliphatic carbocycles. The Hall–Kier alpha value is -1.82. The highest BCUT2D eigenvalue weighted by molar-refractivity contribution is 5.97. The van der Waals surface area contributed by atoms with Gasteiger partial charge in [-0.2, -0.15) is 0 Å². The van der Waals surface area contributed by atoms with Crippen molar-refractivity contribution in [3.63, 3.8) is 0 Å². The fourth-order valence-corrected chi connectivity index (χ4v) is 1.65. The summed E-state index contributed by atoms with van der Waals surface area (Å²) in [6.45, 7) is 1.71. The van der Waals surface area contributed by atoms with Crippen LogP contribution >= 0.6 is 0 Å². The number of carbonyl (C=O) groups is 2. The van der Waals surface area contributed by atoms with Crippen molar-refractivity contribution in [3.05, 3.63) is 35.4 Å². The Balaban J connectivity index is 2.46. The molecule has 1 amide bonds. The maximum Gasteiger partial charge on any atom is 0.220 e. The van der Waals surface area contributed by atoms with E-state index in [2.05, 4.69) is 5.32 Å². The Morgan fingerprint density at radius 3 is 2.55 bits per heavy atom. The van der Waals surface area contributed by atoms with Crippen molar-refractivity contribution in [2.24, 2.45) is 0 Å². The van der Waals surface area contributed by atoms with Crippen LogP contribution < -0.4 is 5.32 Å². The van der Waals surface area contributed by atoms with Gasteiger partial charge in [0.25, 0.3) is 0 Å². The highest BCUT2D eigenvalue weighted by atomic mass is 19.2. The molecule has 20 heavy (non-hydrogen) atoms. The number of amides is 1. The van der Waals surface area contributed by atoms with Crippen LogP contribution in [0.15, 0.2) is 18.2 Å². The van der Waals surface area contributed by atoms with Gasteiger partial charge in [0, 0.05) is 31.1 Å². The minimum atomic E-state index is -1.09. The highest BCUT2D eigenvalue weighted by Crippen LogP contribution is 2.11. The van der Waals surface area contributed by atoms with E-state index in [9.17, 15) is 18.4 Å². The number of aliphatic hydroxyl groups is 1. The molecule has 1 aromatic rings. The zero-order chi connectivity index (χ0) is 15.1. The molecule has 0 aliphatic rings. The second kappa shape index (κ2) is 7.69. The van der Waals surface area contributed by atoms with E-state index in [1.807, 2.05) is 0 Å². The van der Waals surface area contributed by atoms with Gasteiger partial charge in [-0.05, 0) is 31.5 Å². The second-order valence-corrected chi connectivity index (χ2v) is 4.53. The second-order valence-electron chi connectivity index (χ2n) is 4.53. The molecule has 1 rings (SSSR count). The number of aliphatic hydroxyl groups excluding tert-OH is 1. The van der Waals surface area contributed by atoms with E-state index in [0.717, 1.165) is 12.1 Å². The van der Waals surface area contributed by atoms with E-state index >= 15 is 0 Å². The average molecular weight is 285 g/mol. The summed E-state index contributed by atoms with van der Waals surface area (Å²) in [6.07, 6.45) is 0.319.